The zero-order valence-electron chi connectivity index (χ0n) is 12.3. The molecule has 0 saturated heterocycles. The second-order valence-corrected chi connectivity index (χ2v) is 5.77. The number of ether oxygens (including phenoxy) is 1. The fourth-order valence-electron chi connectivity index (χ4n) is 1.53. The van der Waals surface area contributed by atoms with E-state index < -0.39 is 17.3 Å². The summed E-state index contributed by atoms with van der Waals surface area (Å²) in [6.07, 6.45) is -0.802. The maximum Gasteiger partial charge on any atom is 0.413 e. The van der Waals surface area contributed by atoms with Crippen molar-refractivity contribution in [2.75, 3.05) is 7.11 Å². The molecule has 0 fully saturated rings. The van der Waals surface area contributed by atoms with Crippen molar-refractivity contribution in [1.82, 2.24) is 15.5 Å². The van der Waals surface area contributed by atoms with Crippen LogP contribution in [0.1, 0.15) is 12.5 Å². The van der Waals surface area contributed by atoms with Crippen LogP contribution in [0.15, 0.2) is 33.9 Å². The number of imide groups is 1. The lowest BCUT2D eigenvalue weighted by Crippen LogP contribution is -2.35. The summed E-state index contributed by atoms with van der Waals surface area (Å²) in [6, 6.07) is 7.65. The Kier molecular flexibility index (Phi) is 5.16. The normalized spacial score (nSPS) is 11.8. The molecule has 0 bridgehead atoms. The Morgan fingerprint density at radius 1 is 1.27 bits per heavy atom. The lowest BCUT2D eigenvalue weighted by Gasteiger charge is -2.07. The number of thioether (sulfide) groups is 1. The van der Waals surface area contributed by atoms with Gasteiger partial charge in [-0.3, -0.25) is 10.1 Å². The summed E-state index contributed by atoms with van der Waals surface area (Å²) < 4.78 is 9.87. The summed E-state index contributed by atoms with van der Waals surface area (Å²) in [5.41, 5.74) is 1.93. The van der Waals surface area contributed by atoms with E-state index in [-0.39, 0.29) is 5.22 Å². The van der Waals surface area contributed by atoms with Gasteiger partial charge in [-0.15, -0.1) is 10.2 Å². The van der Waals surface area contributed by atoms with E-state index in [0.717, 1.165) is 22.9 Å². The molecule has 7 nitrogen and oxygen atoms in total. The van der Waals surface area contributed by atoms with Crippen molar-refractivity contribution in [1.29, 1.82) is 0 Å². The highest BCUT2D eigenvalue weighted by molar-refractivity contribution is 8.00. The Morgan fingerprint density at radius 2 is 1.95 bits per heavy atom. The van der Waals surface area contributed by atoms with Gasteiger partial charge < -0.3 is 9.15 Å². The monoisotopic (exact) mass is 321 g/mol. The zero-order valence-corrected chi connectivity index (χ0v) is 13.1. The van der Waals surface area contributed by atoms with E-state index in [1.807, 2.05) is 31.2 Å². The quantitative estimate of drug-likeness (QED) is 0.864. The number of carbonyl (C=O) groups excluding carboxylic acids is 2. The molecule has 2 amide bonds. The molecule has 0 saturated carbocycles. The van der Waals surface area contributed by atoms with Crippen molar-refractivity contribution >= 4 is 23.8 Å². The molecule has 1 N–H and O–H groups in total. The van der Waals surface area contributed by atoms with Crippen molar-refractivity contribution in [3.63, 3.8) is 0 Å². The lowest BCUT2D eigenvalue weighted by atomic mass is 10.1. The number of aromatic nitrogens is 2. The van der Waals surface area contributed by atoms with Crippen molar-refractivity contribution in [2.24, 2.45) is 0 Å². The van der Waals surface area contributed by atoms with Crippen LogP contribution in [0, 0.1) is 6.92 Å². The highest BCUT2D eigenvalue weighted by Gasteiger charge is 2.20. The molecule has 116 valence electrons. The third kappa shape index (κ3) is 4.08. The maximum absolute atomic E-state index is 11.7. The number of amides is 2. The van der Waals surface area contributed by atoms with E-state index in [1.54, 1.807) is 6.92 Å². The number of benzene rings is 1. The molecular weight excluding hydrogens is 306 g/mol. The van der Waals surface area contributed by atoms with Gasteiger partial charge in [0.15, 0.2) is 0 Å². The van der Waals surface area contributed by atoms with E-state index in [0.29, 0.717) is 5.89 Å². The highest BCUT2D eigenvalue weighted by atomic mass is 32.2. The van der Waals surface area contributed by atoms with Gasteiger partial charge in [-0.05, 0) is 26.0 Å². The van der Waals surface area contributed by atoms with E-state index in [2.05, 4.69) is 20.3 Å². The first kappa shape index (κ1) is 16.0. The Labute approximate surface area is 131 Å². The Morgan fingerprint density at radius 3 is 2.59 bits per heavy atom. The average Bonchev–Trinajstić information content (AvgIpc) is 2.96. The van der Waals surface area contributed by atoms with Crippen LogP contribution in [-0.4, -0.2) is 34.6 Å². The number of hydrogen-bond acceptors (Lipinski definition) is 7. The molecule has 1 aromatic carbocycles. The van der Waals surface area contributed by atoms with Crippen molar-refractivity contribution in [3.05, 3.63) is 29.8 Å². The van der Waals surface area contributed by atoms with Gasteiger partial charge in [0.25, 0.3) is 5.22 Å². The van der Waals surface area contributed by atoms with E-state index >= 15 is 0 Å². The molecule has 0 radical (unpaired) electrons. The Bertz CT molecular complexity index is 669. The van der Waals surface area contributed by atoms with E-state index in [1.165, 1.54) is 7.11 Å². The molecular formula is C14H15N3O4S. The fraction of sp³-hybridized carbons (Fsp3) is 0.286. The number of nitrogens with zero attached hydrogens (tertiary/aromatic N) is 2. The summed E-state index contributed by atoms with van der Waals surface area (Å²) >= 11 is 1.06. The third-order valence-electron chi connectivity index (χ3n) is 2.76. The molecule has 0 unspecified atom stereocenters. The summed E-state index contributed by atoms with van der Waals surface area (Å²) in [4.78, 5) is 22.7. The summed E-state index contributed by atoms with van der Waals surface area (Å²) in [6.45, 7) is 3.61. The van der Waals surface area contributed by atoms with Gasteiger partial charge in [-0.1, -0.05) is 29.5 Å². The maximum atomic E-state index is 11.7. The second-order valence-electron chi connectivity index (χ2n) is 4.48. The van der Waals surface area contributed by atoms with Crippen LogP contribution in [0.25, 0.3) is 11.5 Å². The van der Waals surface area contributed by atoms with Crippen LogP contribution in [-0.2, 0) is 9.53 Å². The molecule has 1 heterocycles. The number of hydrogen-bond donors (Lipinski definition) is 1. The average molecular weight is 321 g/mol. The van der Waals surface area contributed by atoms with Crippen LogP contribution < -0.4 is 5.32 Å². The van der Waals surface area contributed by atoms with Gasteiger partial charge in [0.1, 0.15) is 0 Å². The Hall–Kier alpha value is -2.35. The highest BCUT2D eigenvalue weighted by Crippen LogP contribution is 2.26. The predicted octanol–water partition coefficient (Wildman–Crippen LogP) is 2.41. The number of aryl methyl sites for hydroxylation is 1. The number of carbonyl (C=O) groups is 2. The predicted molar refractivity (Wildman–Crippen MR) is 80.3 cm³/mol. The fourth-order valence-corrected chi connectivity index (χ4v) is 2.21. The van der Waals surface area contributed by atoms with Gasteiger partial charge in [0.05, 0.1) is 12.4 Å². The molecule has 0 spiro atoms. The number of alkyl carbamates (subject to hydrolysis) is 1. The lowest BCUT2D eigenvalue weighted by molar-refractivity contribution is -0.119. The van der Waals surface area contributed by atoms with E-state index in [4.69, 9.17) is 4.42 Å². The van der Waals surface area contributed by atoms with Gasteiger partial charge in [-0.2, -0.15) is 0 Å². The first-order valence-corrected chi connectivity index (χ1v) is 7.33. The molecule has 0 aliphatic heterocycles. The molecule has 1 atom stereocenters. The standard InChI is InChI=1S/C14H15N3O4S/c1-8-4-6-10(7-5-8)12-16-17-14(21-12)22-9(2)11(18)15-13(19)20-3/h4-7,9H,1-3H3,(H,15,18,19)/t9-/m1/s1. The summed E-state index contributed by atoms with van der Waals surface area (Å²) in [5, 5.41) is 9.59. The first-order valence-electron chi connectivity index (χ1n) is 6.45. The molecule has 2 rings (SSSR count). The van der Waals surface area contributed by atoms with E-state index in [9.17, 15) is 9.59 Å². The van der Waals surface area contributed by atoms with Gasteiger partial charge in [0.2, 0.25) is 11.8 Å². The minimum absolute atomic E-state index is 0.253. The summed E-state index contributed by atoms with van der Waals surface area (Å²) in [7, 11) is 1.19. The van der Waals surface area contributed by atoms with Crippen LogP contribution in [0.3, 0.4) is 0 Å². The first-order chi connectivity index (χ1) is 10.5. The topological polar surface area (TPSA) is 94.3 Å². The minimum atomic E-state index is -0.802. The minimum Gasteiger partial charge on any atom is -0.453 e. The Balaban J connectivity index is 2.01. The second kappa shape index (κ2) is 7.08. The third-order valence-corrected chi connectivity index (χ3v) is 3.70. The van der Waals surface area contributed by atoms with Crippen LogP contribution >= 0.6 is 11.8 Å². The van der Waals surface area contributed by atoms with Crippen molar-refractivity contribution < 1.29 is 18.7 Å². The molecule has 0 aliphatic carbocycles. The van der Waals surface area contributed by atoms with Gasteiger partial charge >= 0.3 is 6.09 Å². The van der Waals surface area contributed by atoms with Crippen molar-refractivity contribution in [2.45, 2.75) is 24.3 Å². The SMILES string of the molecule is COC(=O)NC(=O)[C@@H](C)Sc1nnc(-c2ccc(C)cc2)o1. The summed E-state index contributed by atoms with van der Waals surface area (Å²) in [5.74, 6) is -0.116. The molecule has 8 heteroatoms. The zero-order chi connectivity index (χ0) is 16.1. The van der Waals surface area contributed by atoms with Gasteiger partial charge in [0, 0.05) is 5.56 Å². The van der Waals surface area contributed by atoms with Gasteiger partial charge in [-0.25, -0.2) is 4.79 Å². The van der Waals surface area contributed by atoms with Crippen molar-refractivity contribution in [3.8, 4) is 11.5 Å². The molecule has 2 aromatic rings. The van der Waals surface area contributed by atoms with Crippen LogP contribution in [0.5, 0.6) is 0 Å². The van der Waals surface area contributed by atoms with Crippen LogP contribution in [0.4, 0.5) is 4.79 Å². The largest absolute Gasteiger partial charge is 0.453 e. The molecule has 0 aliphatic rings. The smallest absolute Gasteiger partial charge is 0.413 e. The number of nitrogens with one attached hydrogen (secondary N) is 1. The molecule has 1 aromatic heterocycles. The van der Waals surface area contributed by atoms with Crippen LogP contribution in [0.2, 0.25) is 0 Å². The molecule has 22 heavy (non-hydrogen) atoms. The number of rotatable bonds is 4. The number of methoxy groups -OCH3 is 1.